The topological polar surface area (TPSA) is 49.5 Å². The molecule has 0 spiro atoms. The summed E-state index contributed by atoms with van der Waals surface area (Å²) in [5.41, 5.74) is 6.18. The number of hydrogen-bond acceptors (Lipinski definition) is 3. The standard InChI is InChI=1S/C15H32N2O/c1-5-15(16,12-18)8-6-9-17-10-7-13(11-17)14(2,3)4/h13,18H,5-12,16H2,1-4H3. The Hall–Kier alpha value is -0.120. The number of hydrogen-bond donors (Lipinski definition) is 2. The molecule has 3 heteroatoms. The van der Waals surface area contributed by atoms with E-state index >= 15 is 0 Å². The van der Waals surface area contributed by atoms with E-state index in [1.807, 2.05) is 0 Å². The van der Waals surface area contributed by atoms with Gasteiger partial charge in [0.15, 0.2) is 0 Å². The number of likely N-dealkylation sites (tertiary alicyclic amines) is 1. The highest BCUT2D eigenvalue weighted by Crippen LogP contribution is 2.33. The second-order valence-corrected chi connectivity index (χ2v) is 7.13. The van der Waals surface area contributed by atoms with Crippen LogP contribution in [0, 0.1) is 11.3 Å². The molecule has 18 heavy (non-hydrogen) atoms. The zero-order valence-electron chi connectivity index (χ0n) is 12.7. The van der Waals surface area contributed by atoms with Gasteiger partial charge in [-0.3, -0.25) is 0 Å². The minimum Gasteiger partial charge on any atom is -0.394 e. The smallest absolute Gasteiger partial charge is 0.0611 e. The Morgan fingerprint density at radius 1 is 1.33 bits per heavy atom. The van der Waals surface area contributed by atoms with Crippen LogP contribution in [0.1, 0.15) is 53.4 Å². The molecule has 0 aromatic rings. The third kappa shape index (κ3) is 4.52. The molecule has 0 aromatic carbocycles. The van der Waals surface area contributed by atoms with Crippen LogP contribution >= 0.6 is 0 Å². The molecule has 1 fully saturated rings. The third-order valence-electron chi connectivity index (χ3n) is 4.67. The monoisotopic (exact) mass is 256 g/mol. The van der Waals surface area contributed by atoms with Crippen molar-refractivity contribution in [1.82, 2.24) is 4.90 Å². The van der Waals surface area contributed by atoms with Gasteiger partial charge >= 0.3 is 0 Å². The predicted molar refractivity (Wildman–Crippen MR) is 77.5 cm³/mol. The summed E-state index contributed by atoms with van der Waals surface area (Å²) in [6.07, 6.45) is 4.21. The Morgan fingerprint density at radius 2 is 2.00 bits per heavy atom. The van der Waals surface area contributed by atoms with Crippen molar-refractivity contribution in [1.29, 1.82) is 0 Å². The second-order valence-electron chi connectivity index (χ2n) is 7.13. The van der Waals surface area contributed by atoms with Gasteiger partial charge in [0.1, 0.15) is 0 Å². The van der Waals surface area contributed by atoms with Gasteiger partial charge < -0.3 is 15.7 Å². The predicted octanol–water partition coefficient (Wildman–Crippen LogP) is 2.23. The molecular formula is C15H32N2O. The fraction of sp³-hybridized carbons (Fsp3) is 1.00. The van der Waals surface area contributed by atoms with Crippen molar-refractivity contribution < 1.29 is 5.11 Å². The van der Waals surface area contributed by atoms with Crippen molar-refractivity contribution in [3.05, 3.63) is 0 Å². The maximum absolute atomic E-state index is 9.29. The molecule has 0 saturated carbocycles. The first-order chi connectivity index (χ1) is 8.30. The van der Waals surface area contributed by atoms with E-state index in [2.05, 4.69) is 32.6 Å². The molecule has 108 valence electrons. The molecule has 0 aromatic heterocycles. The molecule has 0 amide bonds. The molecule has 2 atom stereocenters. The van der Waals surface area contributed by atoms with Crippen LogP contribution in [0.5, 0.6) is 0 Å². The summed E-state index contributed by atoms with van der Waals surface area (Å²) in [7, 11) is 0. The number of rotatable bonds is 6. The third-order valence-corrected chi connectivity index (χ3v) is 4.67. The fourth-order valence-corrected chi connectivity index (χ4v) is 2.76. The van der Waals surface area contributed by atoms with Crippen molar-refractivity contribution in [2.75, 3.05) is 26.2 Å². The first-order valence-corrected chi connectivity index (χ1v) is 7.43. The second kappa shape index (κ2) is 6.36. The van der Waals surface area contributed by atoms with Crippen molar-refractivity contribution in [2.24, 2.45) is 17.1 Å². The highest BCUT2D eigenvalue weighted by molar-refractivity contribution is 4.85. The van der Waals surface area contributed by atoms with Gasteiger partial charge in [-0.1, -0.05) is 27.7 Å². The SMILES string of the molecule is CCC(N)(CO)CCCN1CCC(C(C)(C)C)C1. The zero-order chi connectivity index (χ0) is 13.8. The van der Waals surface area contributed by atoms with E-state index in [4.69, 9.17) is 5.73 Å². The first-order valence-electron chi connectivity index (χ1n) is 7.43. The van der Waals surface area contributed by atoms with Crippen LogP contribution in [0.4, 0.5) is 0 Å². The quantitative estimate of drug-likeness (QED) is 0.766. The van der Waals surface area contributed by atoms with Crippen LogP contribution in [0.3, 0.4) is 0 Å². The lowest BCUT2D eigenvalue weighted by atomic mass is 9.80. The van der Waals surface area contributed by atoms with Crippen LogP contribution in [0.2, 0.25) is 0 Å². The summed E-state index contributed by atoms with van der Waals surface area (Å²) in [4.78, 5) is 2.56. The molecule has 0 aliphatic carbocycles. The molecule has 1 saturated heterocycles. The fourth-order valence-electron chi connectivity index (χ4n) is 2.76. The molecule has 3 nitrogen and oxygen atoms in total. The Bertz CT molecular complexity index is 243. The summed E-state index contributed by atoms with van der Waals surface area (Å²) < 4.78 is 0. The van der Waals surface area contributed by atoms with Crippen LogP contribution in [0.15, 0.2) is 0 Å². The zero-order valence-corrected chi connectivity index (χ0v) is 12.7. The Morgan fingerprint density at radius 3 is 2.44 bits per heavy atom. The summed E-state index contributed by atoms with van der Waals surface area (Å²) in [6.45, 7) is 12.8. The van der Waals surface area contributed by atoms with Crippen molar-refractivity contribution >= 4 is 0 Å². The molecule has 0 bridgehead atoms. The molecule has 1 rings (SSSR count). The van der Waals surface area contributed by atoms with E-state index in [0.717, 1.165) is 31.7 Å². The molecule has 2 unspecified atom stereocenters. The summed E-state index contributed by atoms with van der Waals surface area (Å²) in [5, 5.41) is 9.29. The lowest BCUT2D eigenvalue weighted by Crippen LogP contribution is -2.43. The van der Waals surface area contributed by atoms with Crippen molar-refractivity contribution in [3.8, 4) is 0 Å². The van der Waals surface area contributed by atoms with Gasteiger partial charge in [-0.05, 0) is 50.1 Å². The lowest BCUT2D eigenvalue weighted by Gasteiger charge is -2.28. The van der Waals surface area contributed by atoms with E-state index in [9.17, 15) is 5.11 Å². The Labute approximate surface area is 113 Å². The minimum absolute atomic E-state index is 0.105. The Balaban J connectivity index is 2.26. The van der Waals surface area contributed by atoms with Gasteiger partial charge in [0.25, 0.3) is 0 Å². The molecular weight excluding hydrogens is 224 g/mol. The molecule has 1 heterocycles. The largest absolute Gasteiger partial charge is 0.394 e. The van der Waals surface area contributed by atoms with Crippen molar-refractivity contribution in [2.45, 2.75) is 58.9 Å². The Kier molecular flexibility index (Phi) is 5.63. The van der Waals surface area contributed by atoms with E-state index in [-0.39, 0.29) is 12.1 Å². The average Bonchev–Trinajstić information content (AvgIpc) is 2.77. The molecule has 1 aliphatic heterocycles. The highest BCUT2D eigenvalue weighted by Gasteiger charge is 2.31. The van der Waals surface area contributed by atoms with Gasteiger partial charge in [0, 0.05) is 12.1 Å². The number of nitrogens with two attached hydrogens (primary N) is 1. The summed E-state index contributed by atoms with van der Waals surface area (Å²) in [6, 6.07) is 0. The van der Waals surface area contributed by atoms with Crippen LogP contribution < -0.4 is 5.73 Å². The van der Waals surface area contributed by atoms with Crippen molar-refractivity contribution in [3.63, 3.8) is 0 Å². The normalized spacial score (nSPS) is 25.3. The van der Waals surface area contributed by atoms with Gasteiger partial charge in [0.05, 0.1) is 6.61 Å². The first kappa shape index (κ1) is 15.9. The number of nitrogens with zero attached hydrogens (tertiary/aromatic N) is 1. The van der Waals surface area contributed by atoms with E-state index in [1.165, 1.54) is 19.5 Å². The van der Waals surface area contributed by atoms with E-state index in [1.54, 1.807) is 0 Å². The lowest BCUT2D eigenvalue weighted by molar-refractivity contribution is 0.172. The van der Waals surface area contributed by atoms with Crippen LogP contribution in [-0.4, -0.2) is 41.8 Å². The average molecular weight is 256 g/mol. The molecule has 1 aliphatic rings. The van der Waals surface area contributed by atoms with Gasteiger partial charge in [-0.2, -0.15) is 0 Å². The summed E-state index contributed by atoms with van der Waals surface area (Å²) in [5.74, 6) is 0.823. The molecule has 0 radical (unpaired) electrons. The number of aliphatic hydroxyl groups excluding tert-OH is 1. The van der Waals surface area contributed by atoms with E-state index in [0.29, 0.717) is 5.41 Å². The van der Waals surface area contributed by atoms with E-state index < -0.39 is 0 Å². The highest BCUT2D eigenvalue weighted by atomic mass is 16.3. The van der Waals surface area contributed by atoms with Gasteiger partial charge in [-0.25, -0.2) is 0 Å². The maximum Gasteiger partial charge on any atom is 0.0611 e. The van der Waals surface area contributed by atoms with Gasteiger partial charge in [-0.15, -0.1) is 0 Å². The number of aliphatic hydroxyl groups is 1. The van der Waals surface area contributed by atoms with Crippen LogP contribution in [0.25, 0.3) is 0 Å². The van der Waals surface area contributed by atoms with Crippen LogP contribution in [-0.2, 0) is 0 Å². The maximum atomic E-state index is 9.29. The molecule has 3 N–H and O–H groups in total. The van der Waals surface area contributed by atoms with Gasteiger partial charge in [0.2, 0.25) is 0 Å². The minimum atomic E-state index is -0.358. The summed E-state index contributed by atoms with van der Waals surface area (Å²) >= 11 is 0.